The van der Waals surface area contributed by atoms with Crippen molar-refractivity contribution in [1.29, 1.82) is 0 Å². The lowest BCUT2D eigenvalue weighted by molar-refractivity contribution is 0.102. The van der Waals surface area contributed by atoms with Gasteiger partial charge >= 0.3 is 0 Å². The van der Waals surface area contributed by atoms with E-state index in [2.05, 4.69) is 0 Å². The summed E-state index contributed by atoms with van der Waals surface area (Å²) in [5.74, 6) is 3.04. The first-order chi connectivity index (χ1) is 4.43. The van der Waals surface area contributed by atoms with Crippen LogP contribution in [0.5, 0.6) is 0 Å². The first kappa shape index (κ1) is 4.73. The lowest BCUT2D eigenvalue weighted by Gasteiger charge is -2.14. The molecule has 0 N–H and O–H groups in total. The van der Waals surface area contributed by atoms with Crippen LogP contribution in [0, 0.1) is 17.8 Å². The van der Waals surface area contributed by atoms with Gasteiger partial charge in [0.1, 0.15) is 0 Å². The van der Waals surface area contributed by atoms with Crippen molar-refractivity contribution in [3.8, 4) is 0 Å². The van der Waals surface area contributed by atoms with Crippen LogP contribution < -0.4 is 0 Å². The van der Waals surface area contributed by atoms with Crippen LogP contribution in [0.3, 0.4) is 0 Å². The molecule has 0 spiro atoms. The maximum atomic E-state index is 5.63. The van der Waals surface area contributed by atoms with E-state index in [-0.39, 0.29) is 0 Å². The van der Waals surface area contributed by atoms with Gasteiger partial charge in [0, 0.05) is 0 Å². The fourth-order valence-electron chi connectivity index (χ4n) is 3.06. The number of ether oxygens (including phenoxy) is 1. The zero-order valence-electron chi connectivity index (χ0n) is 5.55. The summed E-state index contributed by atoms with van der Waals surface area (Å²) in [5.41, 5.74) is 0. The molecule has 1 nitrogen and oxygen atoms in total. The highest BCUT2D eigenvalue weighted by atomic mass is 16.5. The monoisotopic (exact) mass is 124 g/mol. The summed E-state index contributed by atoms with van der Waals surface area (Å²) in [5, 5.41) is 0. The van der Waals surface area contributed by atoms with Crippen LogP contribution in [-0.4, -0.2) is 12.7 Å². The van der Waals surface area contributed by atoms with E-state index in [1.807, 2.05) is 0 Å². The number of rotatable bonds is 0. The van der Waals surface area contributed by atoms with Crippen molar-refractivity contribution in [2.75, 3.05) is 6.61 Å². The van der Waals surface area contributed by atoms with Gasteiger partial charge in [-0.3, -0.25) is 0 Å². The molecule has 0 aromatic carbocycles. The van der Waals surface area contributed by atoms with E-state index in [4.69, 9.17) is 4.74 Å². The summed E-state index contributed by atoms with van der Waals surface area (Å²) in [6, 6.07) is 0. The zero-order valence-corrected chi connectivity index (χ0v) is 5.55. The predicted molar refractivity (Wildman–Crippen MR) is 34.1 cm³/mol. The summed E-state index contributed by atoms with van der Waals surface area (Å²) in [7, 11) is 0. The van der Waals surface area contributed by atoms with Gasteiger partial charge in [0.15, 0.2) is 0 Å². The Hall–Kier alpha value is -0.0400. The van der Waals surface area contributed by atoms with Crippen LogP contribution in [0.1, 0.15) is 19.3 Å². The van der Waals surface area contributed by atoms with E-state index < -0.39 is 0 Å². The Kier molecular flexibility index (Phi) is 0.704. The molecular weight excluding hydrogens is 112 g/mol. The van der Waals surface area contributed by atoms with Crippen LogP contribution in [-0.2, 0) is 4.74 Å². The van der Waals surface area contributed by atoms with Crippen LogP contribution in [0.2, 0.25) is 0 Å². The fraction of sp³-hybridized carbons (Fsp3) is 1.00. The van der Waals surface area contributed by atoms with Crippen molar-refractivity contribution in [3.63, 3.8) is 0 Å². The number of fused-ring (bicyclic) bond motifs is 1. The molecule has 2 aliphatic carbocycles. The smallest absolute Gasteiger partial charge is 0.0609 e. The molecule has 50 valence electrons. The minimum Gasteiger partial charge on any atom is -0.378 e. The maximum absolute atomic E-state index is 5.63. The van der Waals surface area contributed by atoms with Crippen LogP contribution >= 0.6 is 0 Å². The molecular formula is C8H12O. The average Bonchev–Trinajstić information content (AvgIpc) is 2.35. The van der Waals surface area contributed by atoms with Gasteiger partial charge in [-0.05, 0) is 37.0 Å². The lowest BCUT2D eigenvalue weighted by Crippen LogP contribution is -2.14. The minimum absolute atomic E-state index is 0.703. The number of hydrogen-bond acceptors (Lipinski definition) is 1. The molecule has 0 aromatic rings. The second kappa shape index (κ2) is 1.34. The molecule has 4 atom stereocenters. The zero-order chi connectivity index (χ0) is 5.84. The summed E-state index contributed by atoms with van der Waals surface area (Å²) < 4.78 is 5.63. The Labute approximate surface area is 55.4 Å². The molecule has 1 saturated heterocycles. The van der Waals surface area contributed by atoms with Gasteiger partial charge in [0.05, 0.1) is 12.7 Å². The van der Waals surface area contributed by atoms with Gasteiger partial charge in [-0.2, -0.15) is 0 Å². The van der Waals surface area contributed by atoms with E-state index in [1.54, 1.807) is 0 Å². The molecule has 2 saturated carbocycles. The second-order valence-corrected chi connectivity index (χ2v) is 3.87. The van der Waals surface area contributed by atoms with Crippen molar-refractivity contribution < 1.29 is 4.74 Å². The highest BCUT2D eigenvalue weighted by Gasteiger charge is 2.50. The molecule has 2 bridgehead atoms. The van der Waals surface area contributed by atoms with E-state index in [0.717, 1.165) is 24.4 Å². The average molecular weight is 124 g/mol. The summed E-state index contributed by atoms with van der Waals surface area (Å²) >= 11 is 0. The summed E-state index contributed by atoms with van der Waals surface area (Å²) in [4.78, 5) is 0. The van der Waals surface area contributed by atoms with Gasteiger partial charge in [-0.25, -0.2) is 0 Å². The first-order valence-corrected chi connectivity index (χ1v) is 4.05. The Balaban J connectivity index is 2.02. The fourth-order valence-corrected chi connectivity index (χ4v) is 3.06. The summed E-state index contributed by atoms with van der Waals surface area (Å²) in [6.07, 6.45) is 5.08. The molecule has 1 heteroatoms. The van der Waals surface area contributed by atoms with Crippen molar-refractivity contribution >= 4 is 0 Å². The molecule has 1 heterocycles. The lowest BCUT2D eigenvalue weighted by atomic mass is 9.90. The number of hydrogen-bond donors (Lipinski definition) is 0. The minimum atomic E-state index is 0.703. The van der Waals surface area contributed by atoms with E-state index >= 15 is 0 Å². The van der Waals surface area contributed by atoms with Gasteiger partial charge in [0.2, 0.25) is 0 Å². The molecule has 3 unspecified atom stereocenters. The van der Waals surface area contributed by atoms with Crippen molar-refractivity contribution in [1.82, 2.24) is 0 Å². The van der Waals surface area contributed by atoms with Crippen LogP contribution in [0.4, 0.5) is 0 Å². The van der Waals surface area contributed by atoms with Crippen LogP contribution in [0.25, 0.3) is 0 Å². The largest absolute Gasteiger partial charge is 0.378 e. The molecule has 0 amide bonds. The Morgan fingerprint density at radius 2 is 2.11 bits per heavy atom. The molecule has 1 aliphatic heterocycles. The Bertz CT molecular complexity index is 127. The molecule has 0 aromatic heterocycles. The van der Waals surface area contributed by atoms with Gasteiger partial charge in [-0.15, -0.1) is 0 Å². The SMILES string of the molecule is C1OC2C[C@@H]3CC1C2C3. The molecule has 9 heavy (non-hydrogen) atoms. The standard InChI is InChI=1S/C8H12O/c1-5-2-7-6(1)4-9-8(7)3-5/h5-8H,1-4H2/t5-,6?,7?,8?/m1/s1. The van der Waals surface area contributed by atoms with E-state index in [9.17, 15) is 0 Å². The van der Waals surface area contributed by atoms with Crippen molar-refractivity contribution in [2.45, 2.75) is 25.4 Å². The normalized spacial score (nSPS) is 61.3. The van der Waals surface area contributed by atoms with E-state index in [0.29, 0.717) is 6.10 Å². The topological polar surface area (TPSA) is 9.23 Å². The molecule has 3 aliphatic rings. The quantitative estimate of drug-likeness (QED) is 0.474. The van der Waals surface area contributed by atoms with Gasteiger partial charge in [-0.1, -0.05) is 0 Å². The Morgan fingerprint density at radius 3 is 2.78 bits per heavy atom. The van der Waals surface area contributed by atoms with Crippen LogP contribution in [0.15, 0.2) is 0 Å². The van der Waals surface area contributed by atoms with Gasteiger partial charge < -0.3 is 4.74 Å². The third-order valence-electron chi connectivity index (χ3n) is 3.41. The highest BCUT2D eigenvalue weighted by molar-refractivity contribution is 4.99. The predicted octanol–water partition coefficient (Wildman–Crippen LogP) is 1.43. The van der Waals surface area contributed by atoms with Crippen molar-refractivity contribution in [2.24, 2.45) is 17.8 Å². The van der Waals surface area contributed by atoms with E-state index in [1.165, 1.54) is 19.3 Å². The highest BCUT2D eigenvalue weighted by Crippen LogP contribution is 2.53. The first-order valence-electron chi connectivity index (χ1n) is 4.05. The third kappa shape index (κ3) is 0.454. The molecule has 3 fully saturated rings. The summed E-state index contributed by atoms with van der Waals surface area (Å²) in [6.45, 7) is 1.09. The third-order valence-corrected chi connectivity index (χ3v) is 3.41. The van der Waals surface area contributed by atoms with Crippen molar-refractivity contribution in [3.05, 3.63) is 0 Å². The molecule has 3 rings (SSSR count). The van der Waals surface area contributed by atoms with Gasteiger partial charge in [0.25, 0.3) is 0 Å². The maximum Gasteiger partial charge on any atom is 0.0609 e. The Morgan fingerprint density at radius 1 is 1.11 bits per heavy atom. The second-order valence-electron chi connectivity index (χ2n) is 3.87. The molecule has 0 radical (unpaired) electrons.